The molecule has 3 heterocycles. The molecule has 0 spiro atoms. The van der Waals surface area contributed by atoms with Gasteiger partial charge in [0.15, 0.2) is 5.13 Å². The number of thiazole rings is 1. The summed E-state index contributed by atoms with van der Waals surface area (Å²) < 4.78 is 19.4. The van der Waals surface area contributed by atoms with Crippen molar-refractivity contribution < 1.29 is 8.81 Å². The summed E-state index contributed by atoms with van der Waals surface area (Å²) in [5.41, 5.74) is 0.724. The van der Waals surface area contributed by atoms with Gasteiger partial charge in [-0.05, 0) is 29.6 Å². The lowest BCUT2D eigenvalue weighted by Crippen LogP contribution is -1.88. The fraction of sp³-hybridized carbons (Fsp3) is 0. The lowest BCUT2D eigenvalue weighted by Gasteiger charge is -1.92. The molecule has 0 bridgehead atoms. The van der Waals surface area contributed by atoms with Crippen molar-refractivity contribution in [1.29, 1.82) is 0 Å². The number of fused-ring (bicyclic) bond motifs is 1. The lowest BCUT2D eigenvalue weighted by molar-refractivity contribution is 0.589. The highest BCUT2D eigenvalue weighted by Crippen LogP contribution is 2.30. The second kappa shape index (κ2) is 4.90. The molecule has 4 rings (SSSR count). The molecule has 5 nitrogen and oxygen atoms in total. The third kappa shape index (κ3) is 2.39. The Morgan fingerprint density at radius 2 is 2.14 bits per heavy atom. The summed E-state index contributed by atoms with van der Waals surface area (Å²) in [6.45, 7) is 0. The summed E-state index contributed by atoms with van der Waals surface area (Å²) in [6, 6.07) is 8.55. The quantitative estimate of drug-likeness (QED) is 0.610. The van der Waals surface area contributed by atoms with E-state index in [0.29, 0.717) is 11.0 Å². The predicted molar refractivity (Wildman–Crippen MR) is 80.5 cm³/mol. The molecule has 104 valence electrons. The molecular formula is C13H7FN4OS2. The molecule has 0 aliphatic heterocycles. The minimum absolute atomic E-state index is 0.262. The maximum absolute atomic E-state index is 13.2. The number of benzene rings is 1. The van der Waals surface area contributed by atoms with Crippen LogP contribution in [-0.2, 0) is 0 Å². The van der Waals surface area contributed by atoms with Gasteiger partial charge < -0.3 is 4.42 Å². The monoisotopic (exact) mass is 318 g/mol. The minimum atomic E-state index is -0.282. The first-order valence-electron chi connectivity index (χ1n) is 5.98. The number of hydrogen-bond donors (Lipinski definition) is 1. The van der Waals surface area contributed by atoms with E-state index in [1.807, 2.05) is 17.5 Å². The first-order chi connectivity index (χ1) is 10.3. The Kier molecular flexibility index (Phi) is 2.90. The molecule has 1 aromatic carbocycles. The average Bonchev–Trinajstić information content (AvgIpc) is 3.16. The van der Waals surface area contributed by atoms with Gasteiger partial charge in [0.2, 0.25) is 0 Å². The molecule has 0 fully saturated rings. The van der Waals surface area contributed by atoms with Crippen molar-refractivity contribution in [3.8, 4) is 10.8 Å². The molecule has 0 amide bonds. The number of anilines is 2. The van der Waals surface area contributed by atoms with Crippen LogP contribution < -0.4 is 5.32 Å². The van der Waals surface area contributed by atoms with E-state index < -0.39 is 0 Å². The lowest BCUT2D eigenvalue weighted by atomic mass is 10.3. The van der Waals surface area contributed by atoms with Crippen LogP contribution >= 0.6 is 22.7 Å². The SMILES string of the molecule is Fc1ccc2nc(Nc3nnc(-c4cccs4)o3)sc2c1. The first kappa shape index (κ1) is 12.4. The van der Waals surface area contributed by atoms with Crippen molar-refractivity contribution in [2.45, 2.75) is 0 Å². The van der Waals surface area contributed by atoms with E-state index >= 15 is 0 Å². The topological polar surface area (TPSA) is 63.8 Å². The predicted octanol–water partition coefficient (Wildman–Crippen LogP) is 4.29. The van der Waals surface area contributed by atoms with E-state index in [4.69, 9.17) is 4.42 Å². The molecule has 0 aliphatic carbocycles. The van der Waals surface area contributed by atoms with Crippen molar-refractivity contribution in [2.24, 2.45) is 0 Å². The number of rotatable bonds is 3. The van der Waals surface area contributed by atoms with Crippen molar-refractivity contribution in [3.05, 3.63) is 41.5 Å². The van der Waals surface area contributed by atoms with Crippen LogP contribution in [-0.4, -0.2) is 15.2 Å². The summed E-state index contributed by atoms with van der Waals surface area (Å²) in [4.78, 5) is 5.24. The Bertz CT molecular complexity index is 900. The zero-order chi connectivity index (χ0) is 14.2. The summed E-state index contributed by atoms with van der Waals surface area (Å²) >= 11 is 2.85. The molecule has 0 unspecified atom stereocenters. The third-order valence-corrected chi connectivity index (χ3v) is 4.51. The summed E-state index contributed by atoms with van der Waals surface area (Å²) in [5.74, 6) is 0.176. The van der Waals surface area contributed by atoms with Gasteiger partial charge in [-0.1, -0.05) is 22.5 Å². The van der Waals surface area contributed by atoms with Gasteiger partial charge in [0.1, 0.15) is 5.82 Å². The fourth-order valence-corrected chi connectivity index (χ4v) is 3.34. The first-order valence-corrected chi connectivity index (χ1v) is 7.68. The number of halogens is 1. The Morgan fingerprint density at radius 3 is 3.00 bits per heavy atom. The third-order valence-electron chi connectivity index (χ3n) is 2.72. The Morgan fingerprint density at radius 1 is 1.19 bits per heavy atom. The highest BCUT2D eigenvalue weighted by molar-refractivity contribution is 7.22. The maximum Gasteiger partial charge on any atom is 0.322 e. The smallest absolute Gasteiger partial charge is 0.322 e. The van der Waals surface area contributed by atoms with Gasteiger partial charge in [-0.3, -0.25) is 5.32 Å². The van der Waals surface area contributed by atoms with E-state index in [0.717, 1.165) is 15.1 Å². The molecule has 4 aromatic rings. The second-order valence-corrected chi connectivity index (χ2v) is 6.12. The molecule has 0 saturated carbocycles. The molecule has 0 saturated heterocycles. The van der Waals surface area contributed by atoms with Crippen LogP contribution in [0.2, 0.25) is 0 Å². The van der Waals surface area contributed by atoms with Crippen LogP contribution in [0.25, 0.3) is 21.0 Å². The molecule has 8 heteroatoms. The van der Waals surface area contributed by atoms with Gasteiger partial charge in [-0.25, -0.2) is 9.37 Å². The van der Waals surface area contributed by atoms with Gasteiger partial charge >= 0.3 is 6.01 Å². The van der Waals surface area contributed by atoms with Gasteiger partial charge in [0.25, 0.3) is 5.89 Å². The summed E-state index contributed by atoms with van der Waals surface area (Å²) in [6.07, 6.45) is 0. The van der Waals surface area contributed by atoms with Gasteiger partial charge in [0.05, 0.1) is 15.1 Å². The molecule has 1 N–H and O–H groups in total. The zero-order valence-electron chi connectivity index (χ0n) is 10.4. The minimum Gasteiger partial charge on any atom is -0.402 e. The van der Waals surface area contributed by atoms with Gasteiger partial charge in [0, 0.05) is 0 Å². The molecule has 0 radical (unpaired) electrons. The normalized spacial score (nSPS) is 11.1. The Labute approximate surface area is 126 Å². The van der Waals surface area contributed by atoms with Crippen LogP contribution in [0.5, 0.6) is 0 Å². The zero-order valence-corrected chi connectivity index (χ0v) is 12.0. The maximum atomic E-state index is 13.2. The molecule has 3 aromatic heterocycles. The number of thiophene rings is 1. The van der Waals surface area contributed by atoms with Crippen molar-refractivity contribution in [1.82, 2.24) is 15.2 Å². The number of hydrogen-bond acceptors (Lipinski definition) is 7. The molecule has 21 heavy (non-hydrogen) atoms. The van der Waals surface area contributed by atoms with Crippen molar-refractivity contribution in [2.75, 3.05) is 5.32 Å². The van der Waals surface area contributed by atoms with Crippen LogP contribution in [0.15, 0.2) is 40.1 Å². The molecule has 0 aliphatic rings. The second-order valence-electron chi connectivity index (χ2n) is 4.15. The van der Waals surface area contributed by atoms with Crippen molar-refractivity contribution in [3.63, 3.8) is 0 Å². The van der Waals surface area contributed by atoms with Crippen molar-refractivity contribution >= 4 is 44.0 Å². The Hall–Kier alpha value is -2.32. The van der Waals surface area contributed by atoms with Crippen LogP contribution in [0.1, 0.15) is 0 Å². The number of nitrogens with zero attached hydrogens (tertiary/aromatic N) is 3. The van der Waals surface area contributed by atoms with E-state index in [-0.39, 0.29) is 11.8 Å². The summed E-state index contributed by atoms with van der Waals surface area (Å²) in [5, 5.41) is 13.4. The van der Waals surface area contributed by atoms with Gasteiger partial charge in [-0.15, -0.1) is 16.4 Å². The van der Waals surface area contributed by atoms with E-state index in [1.165, 1.54) is 34.8 Å². The van der Waals surface area contributed by atoms with E-state index in [2.05, 4.69) is 20.5 Å². The largest absolute Gasteiger partial charge is 0.402 e. The summed E-state index contributed by atoms with van der Waals surface area (Å²) in [7, 11) is 0. The van der Waals surface area contributed by atoms with Crippen LogP contribution in [0, 0.1) is 5.82 Å². The standard InChI is InChI=1S/C13H7FN4OS2/c14-7-3-4-8-10(6-7)21-13(15-8)16-12-18-17-11(19-12)9-2-1-5-20-9/h1-6H,(H,15,16,18). The molecule has 0 atom stereocenters. The van der Waals surface area contributed by atoms with E-state index in [9.17, 15) is 4.39 Å². The van der Waals surface area contributed by atoms with Gasteiger partial charge in [-0.2, -0.15) is 0 Å². The highest BCUT2D eigenvalue weighted by atomic mass is 32.1. The number of aromatic nitrogens is 3. The van der Waals surface area contributed by atoms with E-state index in [1.54, 1.807) is 6.07 Å². The number of nitrogens with one attached hydrogen (secondary N) is 1. The fourth-order valence-electron chi connectivity index (χ4n) is 1.82. The Balaban J connectivity index is 1.62. The highest BCUT2D eigenvalue weighted by Gasteiger charge is 2.11. The van der Waals surface area contributed by atoms with Crippen LogP contribution in [0.3, 0.4) is 0 Å². The average molecular weight is 318 g/mol. The van der Waals surface area contributed by atoms with Crippen LogP contribution in [0.4, 0.5) is 15.5 Å². The molecular weight excluding hydrogens is 311 g/mol.